The number of hydrogen-bond donors (Lipinski definition) is 1. The fourth-order valence-electron chi connectivity index (χ4n) is 3.27. The molecule has 0 aromatic heterocycles. The zero-order valence-corrected chi connectivity index (χ0v) is 20.6. The van der Waals surface area contributed by atoms with Crippen molar-refractivity contribution >= 4 is 72.9 Å². The number of aliphatic imine (C=N–C) groups is 1. The lowest BCUT2D eigenvalue weighted by molar-refractivity contribution is -0.115. The number of carbonyl (C=O) groups excluding carboxylic acids is 1. The van der Waals surface area contributed by atoms with Crippen LogP contribution in [0.25, 0.3) is 16.8 Å². The van der Waals surface area contributed by atoms with Gasteiger partial charge in [-0.25, -0.2) is 4.99 Å². The Morgan fingerprint density at radius 1 is 1.09 bits per heavy atom. The Morgan fingerprint density at radius 2 is 1.88 bits per heavy atom. The molecule has 1 N–H and O–H groups in total. The van der Waals surface area contributed by atoms with E-state index in [2.05, 4.69) is 26.2 Å². The summed E-state index contributed by atoms with van der Waals surface area (Å²) in [6.45, 7) is 4.97. The van der Waals surface area contributed by atoms with Crippen molar-refractivity contribution in [1.82, 2.24) is 5.32 Å². The second kappa shape index (κ2) is 9.98. The standard InChI is InChI=1S/C24H20BrClN2O3S/c1-3-30-16-8-5-14-6-10-21(31-4-2)18(17(14)12-16)13-22-23(29)28-24(32-22)27-15-7-9-19(25)20(26)11-15/h5-13H,3-4H2,1-2H3,(H,27,28,29)/b22-13-. The number of nitrogens with one attached hydrogen (secondary N) is 1. The number of halogens is 2. The van der Waals surface area contributed by atoms with E-state index < -0.39 is 0 Å². The number of ether oxygens (including phenoxy) is 2. The van der Waals surface area contributed by atoms with Crippen LogP contribution in [0.4, 0.5) is 5.69 Å². The number of fused-ring (bicyclic) bond motifs is 1. The van der Waals surface area contributed by atoms with Crippen LogP contribution in [-0.2, 0) is 4.79 Å². The first-order valence-corrected chi connectivity index (χ1v) is 12.0. The van der Waals surface area contributed by atoms with Gasteiger partial charge in [-0.2, -0.15) is 0 Å². The quantitative estimate of drug-likeness (QED) is 0.350. The van der Waals surface area contributed by atoms with Gasteiger partial charge in [-0.05, 0) is 94.8 Å². The Kier molecular flexibility index (Phi) is 7.08. The first-order chi connectivity index (χ1) is 15.5. The summed E-state index contributed by atoms with van der Waals surface area (Å²) in [4.78, 5) is 17.7. The summed E-state index contributed by atoms with van der Waals surface area (Å²) in [5.41, 5.74) is 1.49. The molecule has 3 aromatic rings. The van der Waals surface area contributed by atoms with E-state index in [1.54, 1.807) is 6.07 Å². The summed E-state index contributed by atoms with van der Waals surface area (Å²) in [7, 11) is 0. The Labute approximate surface area is 204 Å². The highest BCUT2D eigenvalue weighted by Gasteiger charge is 2.25. The van der Waals surface area contributed by atoms with E-state index >= 15 is 0 Å². The zero-order valence-electron chi connectivity index (χ0n) is 17.4. The number of amides is 1. The van der Waals surface area contributed by atoms with Crippen LogP contribution in [-0.4, -0.2) is 24.3 Å². The summed E-state index contributed by atoms with van der Waals surface area (Å²) < 4.78 is 12.3. The molecule has 0 atom stereocenters. The number of hydrogen-bond acceptors (Lipinski definition) is 5. The maximum Gasteiger partial charge on any atom is 0.264 e. The minimum absolute atomic E-state index is 0.211. The van der Waals surface area contributed by atoms with E-state index in [9.17, 15) is 4.79 Å². The van der Waals surface area contributed by atoms with Gasteiger partial charge in [0.2, 0.25) is 0 Å². The molecule has 8 heteroatoms. The lowest BCUT2D eigenvalue weighted by Gasteiger charge is -2.12. The predicted octanol–water partition coefficient (Wildman–Crippen LogP) is 6.94. The average Bonchev–Trinajstić information content (AvgIpc) is 3.11. The van der Waals surface area contributed by atoms with Gasteiger partial charge in [-0.1, -0.05) is 23.7 Å². The van der Waals surface area contributed by atoms with E-state index in [1.165, 1.54) is 11.8 Å². The minimum atomic E-state index is -0.211. The summed E-state index contributed by atoms with van der Waals surface area (Å²) in [6.07, 6.45) is 1.85. The van der Waals surface area contributed by atoms with Crippen molar-refractivity contribution < 1.29 is 14.3 Å². The second-order valence-corrected chi connectivity index (χ2v) is 9.10. The number of nitrogens with zero attached hydrogens (tertiary/aromatic N) is 1. The van der Waals surface area contributed by atoms with Crippen LogP contribution in [0.1, 0.15) is 19.4 Å². The van der Waals surface area contributed by atoms with E-state index in [0.29, 0.717) is 39.7 Å². The fourth-order valence-corrected chi connectivity index (χ4v) is 4.52. The molecule has 1 saturated heterocycles. The molecule has 1 aliphatic rings. The Bertz CT molecular complexity index is 1250. The van der Waals surface area contributed by atoms with Crippen LogP contribution in [0, 0.1) is 0 Å². The van der Waals surface area contributed by atoms with Crippen LogP contribution in [0.15, 0.2) is 62.9 Å². The van der Waals surface area contributed by atoms with Crippen molar-refractivity contribution in [1.29, 1.82) is 0 Å². The van der Waals surface area contributed by atoms with Gasteiger partial charge in [0.1, 0.15) is 11.5 Å². The molecule has 164 valence electrons. The molecule has 0 unspecified atom stereocenters. The van der Waals surface area contributed by atoms with E-state index in [-0.39, 0.29) is 5.91 Å². The maximum absolute atomic E-state index is 12.7. The molecular formula is C24H20BrClN2O3S. The smallest absolute Gasteiger partial charge is 0.264 e. The van der Waals surface area contributed by atoms with Gasteiger partial charge in [0, 0.05) is 10.0 Å². The van der Waals surface area contributed by atoms with Gasteiger partial charge >= 0.3 is 0 Å². The molecule has 1 heterocycles. The van der Waals surface area contributed by atoms with Gasteiger partial charge in [0.05, 0.1) is 28.8 Å². The molecule has 5 nitrogen and oxygen atoms in total. The van der Waals surface area contributed by atoms with Crippen LogP contribution in [0.5, 0.6) is 11.5 Å². The third-order valence-electron chi connectivity index (χ3n) is 4.67. The molecule has 0 bridgehead atoms. The number of carbonyl (C=O) groups is 1. The molecule has 1 fully saturated rings. The molecule has 3 aromatic carbocycles. The van der Waals surface area contributed by atoms with Gasteiger partial charge in [0.15, 0.2) is 5.17 Å². The molecular weight excluding hydrogens is 512 g/mol. The van der Waals surface area contributed by atoms with E-state index in [4.69, 9.17) is 21.1 Å². The summed E-state index contributed by atoms with van der Waals surface area (Å²) >= 11 is 10.8. The second-order valence-electron chi connectivity index (χ2n) is 6.81. The van der Waals surface area contributed by atoms with Crippen molar-refractivity contribution in [3.63, 3.8) is 0 Å². The van der Waals surface area contributed by atoms with Crippen LogP contribution < -0.4 is 14.8 Å². The monoisotopic (exact) mass is 530 g/mol. The Morgan fingerprint density at radius 3 is 2.62 bits per heavy atom. The predicted molar refractivity (Wildman–Crippen MR) is 136 cm³/mol. The topological polar surface area (TPSA) is 59.9 Å². The van der Waals surface area contributed by atoms with Crippen LogP contribution in [0.2, 0.25) is 5.02 Å². The molecule has 0 aliphatic carbocycles. The zero-order chi connectivity index (χ0) is 22.7. The first kappa shape index (κ1) is 22.7. The van der Waals surface area contributed by atoms with Gasteiger partial charge in [0.25, 0.3) is 5.91 Å². The normalized spacial score (nSPS) is 16.1. The van der Waals surface area contributed by atoms with Crippen molar-refractivity contribution in [2.24, 2.45) is 4.99 Å². The summed E-state index contributed by atoms with van der Waals surface area (Å²) in [5.74, 6) is 1.27. The van der Waals surface area contributed by atoms with Crippen molar-refractivity contribution in [2.45, 2.75) is 13.8 Å². The van der Waals surface area contributed by atoms with Crippen molar-refractivity contribution in [3.05, 3.63) is 68.5 Å². The van der Waals surface area contributed by atoms with Crippen LogP contribution >= 0.6 is 39.3 Å². The summed E-state index contributed by atoms with van der Waals surface area (Å²) in [6, 6.07) is 15.2. The first-order valence-electron chi connectivity index (χ1n) is 10.1. The number of benzene rings is 3. The maximum atomic E-state index is 12.7. The number of thioether (sulfide) groups is 1. The number of rotatable bonds is 6. The molecule has 0 saturated carbocycles. The third-order valence-corrected chi connectivity index (χ3v) is 6.81. The lowest BCUT2D eigenvalue weighted by Crippen LogP contribution is -2.19. The van der Waals surface area contributed by atoms with Gasteiger partial charge in [-0.3, -0.25) is 4.79 Å². The largest absolute Gasteiger partial charge is 0.494 e. The highest BCUT2D eigenvalue weighted by Crippen LogP contribution is 2.36. The van der Waals surface area contributed by atoms with E-state index in [1.807, 2.05) is 62.4 Å². The minimum Gasteiger partial charge on any atom is -0.494 e. The molecule has 4 rings (SSSR count). The van der Waals surface area contributed by atoms with Gasteiger partial charge in [-0.15, -0.1) is 0 Å². The Balaban J connectivity index is 1.74. The SMILES string of the molecule is CCOc1ccc2ccc(OCC)c(/C=C3\SC(=Nc4ccc(Br)c(Cl)c4)NC3=O)c2c1. The third kappa shape index (κ3) is 4.95. The van der Waals surface area contributed by atoms with Crippen LogP contribution in [0.3, 0.4) is 0 Å². The van der Waals surface area contributed by atoms with Crippen molar-refractivity contribution in [3.8, 4) is 11.5 Å². The van der Waals surface area contributed by atoms with Crippen molar-refractivity contribution in [2.75, 3.05) is 13.2 Å². The average molecular weight is 532 g/mol. The molecule has 1 aliphatic heterocycles. The summed E-state index contributed by atoms with van der Waals surface area (Å²) in [5, 5.41) is 5.86. The molecule has 0 radical (unpaired) electrons. The van der Waals surface area contributed by atoms with Gasteiger partial charge < -0.3 is 14.8 Å². The molecule has 0 spiro atoms. The Hall–Kier alpha value is -2.48. The lowest BCUT2D eigenvalue weighted by atomic mass is 10.0. The highest BCUT2D eigenvalue weighted by atomic mass is 79.9. The highest BCUT2D eigenvalue weighted by molar-refractivity contribution is 9.10. The molecule has 1 amide bonds. The fraction of sp³-hybridized carbons (Fsp3) is 0.167. The molecule has 32 heavy (non-hydrogen) atoms. The number of amidine groups is 1. The van der Waals surface area contributed by atoms with E-state index in [0.717, 1.165) is 26.6 Å².